The Morgan fingerprint density at radius 3 is 2.41 bits per heavy atom. The number of anilines is 1. The number of benzene rings is 2. The molecule has 0 radical (unpaired) electrons. The van der Waals surface area contributed by atoms with Crippen LogP contribution >= 0.6 is 0 Å². The largest absolute Gasteiger partial charge is 0.367 e. The first-order chi connectivity index (χ1) is 16.4. The van der Waals surface area contributed by atoms with Gasteiger partial charge in [-0.25, -0.2) is 27.5 Å². The lowest BCUT2D eigenvalue weighted by Gasteiger charge is -2.42. The minimum Gasteiger partial charge on any atom is -0.367 e. The number of aromatic nitrogens is 3. The molecule has 7 rings (SSSR count). The molecule has 0 spiro atoms. The fourth-order valence-corrected chi connectivity index (χ4v) is 5.53. The molecule has 3 aliphatic carbocycles. The summed E-state index contributed by atoms with van der Waals surface area (Å²) in [6.45, 7) is 0. The Kier molecular flexibility index (Phi) is 5.04. The highest BCUT2D eigenvalue weighted by molar-refractivity contribution is 5.94. The number of nitrogens with zero attached hydrogens (tertiary/aromatic N) is 2. The van der Waals surface area contributed by atoms with Gasteiger partial charge in [-0.1, -0.05) is 12.8 Å². The van der Waals surface area contributed by atoms with Crippen molar-refractivity contribution in [1.29, 1.82) is 0 Å². The molecule has 3 fully saturated rings. The van der Waals surface area contributed by atoms with Gasteiger partial charge in [-0.3, -0.25) is 0 Å². The zero-order valence-corrected chi connectivity index (χ0v) is 18.2. The number of nitrogens with one attached hydrogen (secondary N) is 2. The molecular formula is C26H22F4N4. The lowest BCUT2D eigenvalue weighted by Crippen LogP contribution is -2.40. The maximum atomic E-state index is 14.3. The first-order valence-electron chi connectivity index (χ1n) is 11.5. The van der Waals surface area contributed by atoms with E-state index in [0.717, 1.165) is 24.6 Å². The second-order valence-electron chi connectivity index (χ2n) is 9.37. The van der Waals surface area contributed by atoms with Crippen molar-refractivity contribution in [3.05, 3.63) is 65.9 Å². The Balaban J connectivity index is 1.47. The van der Waals surface area contributed by atoms with Crippen molar-refractivity contribution < 1.29 is 17.6 Å². The van der Waals surface area contributed by atoms with Crippen LogP contribution in [-0.4, -0.2) is 21.0 Å². The lowest BCUT2D eigenvalue weighted by molar-refractivity contribution is 0.157. The number of halogens is 4. The van der Waals surface area contributed by atoms with E-state index < -0.39 is 23.3 Å². The van der Waals surface area contributed by atoms with E-state index in [2.05, 4.69) is 20.3 Å². The van der Waals surface area contributed by atoms with E-state index in [1.54, 1.807) is 6.07 Å². The Hall–Kier alpha value is -3.42. The Morgan fingerprint density at radius 2 is 1.68 bits per heavy atom. The Labute approximate surface area is 193 Å². The van der Waals surface area contributed by atoms with Crippen LogP contribution < -0.4 is 5.32 Å². The van der Waals surface area contributed by atoms with Crippen LogP contribution in [-0.2, 0) is 0 Å². The van der Waals surface area contributed by atoms with Crippen molar-refractivity contribution in [2.24, 2.45) is 11.8 Å². The van der Waals surface area contributed by atoms with Crippen LogP contribution in [0.5, 0.6) is 0 Å². The highest BCUT2D eigenvalue weighted by Gasteiger charge is 2.35. The van der Waals surface area contributed by atoms with Crippen LogP contribution in [0.25, 0.3) is 33.5 Å². The number of hydrogen-bond acceptors (Lipinski definition) is 3. The van der Waals surface area contributed by atoms with Crippen LogP contribution in [0, 0.1) is 35.1 Å². The smallest absolute Gasteiger partial charge is 0.164 e. The normalized spacial score (nSPS) is 21.8. The molecule has 3 aliphatic rings. The molecule has 0 aliphatic heterocycles. The van der Waals surface area contributed by atoms with Gasteiger partial charge in [0, 0.05) is 40.9 Å². The minimum absolute atomic E-state index is 0.150. The summed E-state index contributed by atoms with van der Waals surface area (Å²) in [6.07, 6.45) is 7.46. The van der Waals surface area contributed by atoms with Gasteiger partial charge in [-0.05, 0) is 55.4 Å². The van der Waals surface area contributed by atoms with Gasteiger partial charge in [0.2, 0.25) is 0 Å². The molecule has 3 saturated carbocycles. The number of fused-ring (bicyclic) bond motifs is 4. The van der Waals surface area contributed by atoms with Gasteiger partial charge in [-0.2, -0.15) is 0 Å². The molecule has 0 saturated heterocycles. The zero-order chi connectivity index (χ0) is 23.4. The zero-order valence-electron chi connectivity index (χ0n) is 18.2. The summed E-state index contributed by atoms with van der Waals surface area (Å²) >= 11 is 0. The van der Waals surface area contributed by atoms with Crippen molar-refractivity contribution in [3.63, 3.8) is 0 Å². The second-order valence-corrected chi connectivity index (χ2v) is 9.37. The standard InChI is InChI=1S/C26H22F4N4/c27-16-9-17-18(12-31-25(17)21(30)10-16)26-33-23(15-5-6-19(28)20(29)8-15)11-24(34-26)32-22-7-13-1-3-14(22)4-2-13/h5-6,8-14,22,31H,1-4,7H2,(H,32,33,34). The quantitative estimate of drug-likeness (QED) is 0.324. The molecule has 174 valence electrons. The third-order valence-electron chi connectivity index (χ3n) is 7.27. The van der Waals surface area contributed by atoms with Crippen LogP contribution in [0.1, 0.15) is 32.1 Å². The molecule has 4 nitrogen and oxygen atoms in total. The topological polar surface area (TPSA) is 53.6 Å². The van der Waals surface area contributed by atoms with Crippen molar-refractivity contribution in [2.75, 3.05) is 5.32 Å². The Bertz CT molecular complexity index is 1390. The third-order valence-corrected chi connectivity index (χ3v) is 7.27. The molecule has 0 amide bonds. The summed E-state index contributed by atoms with van der Waals surface area (Å²) in [5.41, 5.74) is 1.34. The predicted octanol–water partition coefficient (Wildman–Crippen LogP) is 6.84. The van der Waals surface area contributed by atoms with E-state index >= 15 is 0 Å². The van der Waals surface area contributed by atoms with Gasteiger partial charge in [0.1, 0.15) is 17.5 Å². The summed E-state index contributed by atoms with van der Waals surface area (Å²) in [4.78, 5) is 12.1. The van der Waals surface area contributed by atoms with Crippen LogP contribution in [0.15, 0.2) is 42.6 Å². The average Bonchev–Trinajstić information content (AvgIpc) is 3.26. The van der Waals surface area contributed by atoms with Crippen molar-refractivity contribution in [1.82, 2.24) is 15.0 Å². The van der Waals surface area contributed by atoms with E-state index in [9.17, 15) is 17.6 Å². The SMILES string of the molecule is Fc1cc(F)c2[nH]cc(-c3nc(NC4CC5CCC4CC5)cc(-c4ccc(F)c(F)c4)n3)c2c1. The summed E-state index contributed by atoms with van der Waals surface area (Å²) < 4.78 is 55.8. The van der Waals surface area contributed by atoms with Gasteiger partial charge >= 0.3 is 0 Å². The molecular weight excluding hydrogens is 444 g/mol. The number of hydrogen-bond donors (Lipinski definition) is 2. The summed E-state index contributed by atoms with van der Waals surface area (Å²) in [6, 6.07) is 7.61. The van der Waals surface area contributed by atoms with Gasteiger partial charge < -0.3 is 10.3 Å². The first kappa shape index (κ1) is 21.1. The Morgan fingerprint density at radius 1 is 0.853 bits per heavy atom. The summed E-state index contributed by atoms with van der Waals surface area (Å²) in [5, 5.41) is 3.85. The number of rotatable bonds is 4. The fraction of sp³-hybridized carbons (Fsp3) is 0.308. The molecule has 2 N–H and O–H groups in total. The van der Waals surface area contributed by atoms with E-state index in [4.69, 9.17) is 0 Å². The molecule has 2 aromatic carbocycles. The van der Waals surface area contributed by atoms with Crippen molar-refractivity contribution >= 4 is 16.7 Å². The number of H-pyrrole nitrogens is 1. The van der Waals surface area contributed by atoms with E-state index in [1.165, 1.54) is 44.0 Å². The van der Waals surface area contributed by atoms with Gasteiger partial charge in [-0.15, -0.1) is 0 Å². The van der Waals surface area contributed by atoms with Crippen molar-refractivity contribution in [3.8, 4) is 22.6 Å². The maximum Gasteiger partial charge on any atom is 0.164 e. The van der Waals surface area contributed by atoms with Gasteiger partial charge in [0.25, 0.3) is 0 Å². The molecule has 1 unspecified atom stereocenters. The van der Waals surface area contributed by atoms with Gasteiger partial charge in [0.15, 0.2) is 17.5 Å². The number of aromatic amines is 1. The minimum atomic E-state index is -0.979. The molecule has 1 atom stereocenters. The van der Waals surface area contributed by atoms with E-state index in [1.807, 2.05) is 0 Å². The van der Waals surface area contributed by atoms with Gasteiger partial charge in [0.05, 0.1) is 11.2 Å². The van der Waals surface area contributed by atoms with Crippen LogP contribution in [0.3, 0.4) is 0 Å². The maximum absolute atomic E-state index is 14.3. The van der Waals surface area contributed by atoms with E-state index in [-0.39, 0.29) is 17.4 Å². The van der Waals surface area contributed by atoms with Crippen molar-refractivity contribution in [2.45, 2.75) is 38.1 Å². The molecule has 2 heterocycles. The first-order valence-corrected chi connectivity index (χ1v) is 11.5. The molecule has 2 bridgehead atoms. The predicted molar refractivity (Wildman–Crippen MR) is 122 cm³/mol. The average molecular weight is 466 g/mol. The fourth-order valence-electron chi connectivity index (χ4n) is 5.53. The second kappa shape index (κ2) is 8.11. The van der Waals surface area contributed by atoms with E-state index in [0.29, 0.717) is 39.9 Å². The van der Waals surface area contributed by atoms with Crippen LogP contribution in [0.4, 0.5) is 23.4 Å². The summed E-state index contributed by atoms with van der Waals surface area (Å²) in [5.74, 6) is -1.30. The molecule has 34 heavy (non-hydrogen) atoms. The third kappa shape index (κ3) is 3.71. The highest BCUT2D eigenvalue weighted by Crippen LogP contribution is 2.42. The van der Waals surface area contributed by atoms with Crippen LogP contribution in [0.2, 0.25) is 0 Å². The summed E-state index contributed by atoms with van der Waals surface area (Å²) in [7, 11) is 0. The lowest BCUT2D eigenvalue weighted by atomic mass is 9.68. The molecule has 2 aromatic heterocycles. The highest BCUT2D eigenvalue weighted by atomic mass is 19.2. The molecule has 4 aromatic rings. The monoisotopic (exact) mass is 466 g/mol. The molecule has 8 heteroatoms.